The van der Waals surface area contributed by atoms with Gasteiger partial charge in [-0.2, -0.15) is 0 Å². The van der Waals surface area contributed by atoms with Gasteiger partial charge in [-0.25, -0.2) is 0 Å². The fourth-order valence-electron chi connectivity index (χ4n) is 2.41. The van der Waals surface area contributed by atoms with E-state index in [2.05, 4.69) is 51.6 Å². The Labute approximate surface area is 127 Å². The van der Waals surface area contributed by atoms with Gasteiger partial charge in [0.2, 0.25) is 0 Å². The highest BCUT2D eigenvalue weighted by molar-refractivity contribution is 9.10. The molecular weight excluding hydrogens is 322 g/mol. The summed E-state index contributed by atoms with van der Waals surface area (Å²) >= 11 is 9.59. The van der Waals surface area contributed by atoms with E-state index in [1.54, 1.807) is 0 Å². The molecule has 1 N–H and O–H groups in total. The van der Waals surface area contributed by atoms with E-state index in [1.165, 1.54) is 17.5 Å². The van der Waals surface area contributed by atoms with Crippen LogP contribution in [0.3, 0.4) is 0 Å². The molecule has 2 aromatic carbocycles. The van der Waals surface area contributed by atoms with Gasteiger partial charge in [0.1, 0.15) is 0 Å². The molecule has 1 nitrogen and oxygen atoms in total. The summed E-state index contributed by atoms with van der Waals surface area (Å²) in [5, 5.41) is 4.39. The molecule has 1 saturated carbocycles. The third-order valence-electron chi connectivity index (χ3n) is 3.58. The van der Waals surface area contributed by atoms with Crippen molar-refractivity contribution >= 4 is 27.5 Å². The molecule has 98 valence electrons. The molecule has 1 aliphatic rings. The van der Waals surface area contributed by atoms with Gasteiger partial charge < -0.3 is 5.32 Å². The molecule has 1 fully saturated rings. The van der Waals surface area contributed by atoms with Gasteiger partial charge in [0, 0.05) is 28.0 Å². The zero-order valence-electron chi connectivity index (χ0n) is 10.4. The molecule has 0 aliphatic heterocycles. The molecule has 1 aliphatic carbocycles. The van der Waals surface area contributed by atoms with Crippen LogP contribution < -0.4 is 5.32 Å². The Bertz CT molecular complexity index is 570. The molecule has 0 spiro atoms. The molecule has 2 aromatic rings. The fraction of sp³-hybridized carbons (Fsp3) is 0.250. The van der Waals surface area contributed by atoms with E-state index in [-0.39, 0.29) is 0 Å². The highest BCUT2D eigenvalue weighted by atomic mass is 79.9. The van der Waals surface area contributed by atoms with Crippen molar-refractivity contribution in [1.29, 1.82) is 0 Å². The molecular formula is C16H15BrClN. The molecule has 3 rings (SSSR count). The van der Waals surface area contributed by atoms with Gasteiger partial charge in [-0.05, 0) is 35.7 Å². The number of halogens is 2. The Balaban J connectivity index is 1.59. The van der Waals surface area contributed by atoms with Crippen LogP contribution in [0.5, 0.6) is 0 Å². The first-order chi connectivity index (χ1) is 9.24. The molecule has 2 atom stereocenters. The molecule has 0 radical (unpaired) electrons. The molecule has 0 heterocycles. The van der Waals surface area contributed by atoms with Crippen LogP contribution >= 0.6 is 27.5 Å². The van der Waals surface area contributed by atoms with Crippen molar-refractivity contribution in [3.05, 3.63) is 69.2 Å². The molecule has 0 bridgehead atoms. The van der Waals surface area contributed by atoms with Crippen molar-refractivity contribution < 1.29 is 0 Å². The summed E-state index contributed by atoms with van der Waals surface area (Å²) in [6.07, 6.45) is 1.22. The van der Waals surface area contributed by atoms with Gasteiger partial charge in [-0.3, -0.25) is 0 Å². The van der Waals surface area contributed by atoms with Crippen LogP contribution in [0.25, 0.3) is 0 Å². The highest BCUT2D eigenvalue weighted by Crippen LogP contribution is 2.40. The molecule has 2 unspecified atom stereocenters. The SMILES string of the molecule is Clc1ccc(Br)c(CNC2CC2c2ccccc2)c1. The van der Waals surface area contributed by atoms with Crippen LogP contribution in [0.15, 0.2) is 53.0 Å². The third-order valence-corrected chi connectivity index (χ3v) is 4.59. The van der Waals surface area contributed by atoms with Gasteiger partial charge in [0.15, 0.2) is 0 Å². The zero-order valence-corrected chi connectivity index (χ0v) is 12.8. The predicted octanol–water partition coefficient (Wildman–Crippen LogP) is 4.75. The lowest BCUT2D eigenvalue weighted by Gasteiger charge is -2.07. The number of hydrogen-bond donors (Lipinski definition) is 1. The Morgan fingerprint density at radius 1 is 1.16 bits per heavy atom. The van der Waals surface area contributed by atoms with Gasteiger partial charge >= 0.3 is 0 Å². The number of nitrogens with one attached hydrogen (secondary N) is 1. The summed E-state index contributed by atoms with van der Waals surface area (Å²) in [6.45, 7) is 0.856. The Kier molecular flexibility index (Phi) is 3.92. The summed E-state index contributed by atoms with van der Waals surface area (Å²) in [6, 6.07) is 17.2. The van der Waals surface area contributed by atoms with Crippen LogP contribution in [0, 0.1) is 0 Å². The van der Waals surface area contributed by atoms with Crippen LogP contribution in [0.4, 0.5) is 0 Å². The summed E-state index contributed by atoms with van der Waals surface area (Å²) in [5.74, 6) is 0.666. The van der Waals surface area contributed by atoms with Crippen molar-refractivity contribution in [3.63, 3.8) is 0 Å². The smallest absolute Gasteiger partial charge is 0.0410 e. The van der Waals surface area contributed by atoms with E-state index in [1.807, 2.05) is 18.2 Å². The summed E-state index contributed by atoms with van der Waals surface area (Å²) < 4.78 is 1.11. The predicted molar refractivity (Wildman–Crippen MR) is 83.6 cm³/mol. The van der Waals surface area contributed by atoms with E-state index < -0.39 is 0 Å². The van der Waals surface area contributed by atoms with Crippen LogP contribution in [0.2, 0.25) is 5.02 Å². The second kappa shape index (κ2) is 5.66. The number of rotatable bonds is 4. The molecule has 0 aromatic heterocycles. The lowest BCUT2D eigenvalue weighted by atomic mass is 10.1. The fourth-order valence-corrected chi connectivity index (χ4v) is 2.99. The van der Waals surface area contributed by atoms with Gasteiger partial charge in [-0.1, -0.05) is 57.9 Å². The highest BCUT2D eigenvalue weighted by Gasteiger charge is 2.37. The van der Waals surface area contributed by atoms with Gasteiger partial charge in [0.05, 0.1) is 0 Å². The first-order valence-electron chi connectivity index (χ1n) is 6.46. The topological polar surface area (TPSA) is 12.0 Å². The van der Waals surface area contributed by atoms with Crippen molar-refractivity contribution in [2.75, 3.05) is 0 Å². The Hall–Kier alpha value is -0.830. The summed E-state index contributed by atoms with van der Waals surface area (Å²) in [5.41, 5.74) is 2.65. The Morgan fingerprint density at radius 3 is 2.74 bits per heavy atom. The van der Waals surface area contributed by atoms with Crippen LogP contribution in [-0.4, -0.2) is 6.04 Å². The minimum atomic E-state index is 0.591. The quantitative estimate of drug-likeness (QED) is 0.849. The van der Waals surface area contributed by atoms with Crippen molar-refractivity contribution in [2.24, 2.45) is 0 Å². The maximum absolute atomic E-state index is 6.02. The average molecular weight is 337 g/mol. The monoisotopic (exact) mass is 335 g/mol. The Morgan fingerprint density at radius 2 is 1.95 bits per heavy atom. The maximum Gasteiger partial charge on any atom is 0.0410 e. The summed E-state index contributed by atoms with van der Waals surface area (Å²) in [7, 11) is 0. The molecule has 19 heavy (non-hydrogen) atoms. The maximum atomic E-state index is 6.02. The summed E-state index contributed by atoms with van der Waals surface area (Å²) in [4.78, 5) is 0. The van der Waals surface area contributed by atoms with Crippen molar-refractivity contribution in [2.45, 2.75) is 24.9 Å². The lowest BCUT2D eigenvalue weighted by Crippen LogP contribution is -2.17. The van der Waals surface area contributed by atoms with E-state index >= 15 is 0 Å². The molecule has 0 saturated heterocycles. The lowest BCUT2D eigenvalue weighted by molar-refractivity contribution is 0.671. The minimum absolute atomic E-state index is 0.591. The third kappa shape index (κ3) is 3.19. The van der Waals surface area contributed by atoms with E-state index in [4.69, 9.17) is 11.6 Å². The molecule has 0 amide bonds. The largest absolute Gasteiger partial charge is 0.309 e. The zero-order chi connectivity index (χ0) is 13.2. The van der Waals surface area contributed by atoms with Crippen LogP contribution in [-0.2, 0) is 6.54 Å². The molecule has 3 heteroatoms. The normalized spacial score (nSPS) is 21.4. The standard InChI is InChI=1S/C16H15BrClN/c17-15-7-6-13(18)8-12(15)10-19-16-9-14(16)11-4-2-1-3-5-11/h1-8,14,16,19H,9-10H2. The van der Waals surface area contributed by atoms with Gasteiger partial charge in [0.25, 0.3) is 0 Å². The second-order valence-electron chi connectivity index (χ2n) is 4.98. The van der Waals surface area contributed by atoms with E-state index in [0.717, 1.165) is 16.0 Å². The number of benzene rings is 2. The van der Waals surface area contributed by atoms with Crippen molar-refractivity contribution in [3.8, 4) is 0 Å². The second-order valence-corrected chi connectivity index (χ2v) is 6.27. The van der Waals surface area contributed by atoms with Crippen LogP contribution in [0.1, 0.15) is 23.5 Å². The number of hydrogen-bond acceptors (Lipinski definition) is 1. The first-order valence-corrected chi connectivity index (χ1v) is 7.63. The van der Waals surface area contributed by atoms with E-state index in [0.29, 0.717) is 12.0 Å². The van der Waals surface area contributed by atoms with Gasteiger partial charge in [-0.15, -0.1) is 0 Å². The van der Waals surface area contributed by atoms with E-state index in [9.17, 15) is 0 Å². The van der Waals surface area contributed by atoms with Crippen molar-refractivity contribution in [1.82, 2.24) is 5.32 Å². The average Bonchev–Trinajstić information content (AvgIpc) is 3.20. The minimum Gasteiger partial charge on any atom is -0.309 e. The first kappa shape index (κ1) is 13.2.